The molecule has 0 spiro atoms. The number of oxazole rings is 1. The number of methoxy groups -OCH3 is 1. The van der Waals surface area contributed by atoms with Gasteiger partial charge in [-0.1, -0.05) is 36.4 Å². The maximum absolute atomic E-state index is 12.2. The van der Waals surface area contributed by atoms with Gasteiger partial charge < -0.3 is 13.9 Å². The number of benzene rings is 2. The lowest BCUT2D eigenvalue weighted by molar-refractivity contribution is 0.0520. The molecule has 0 aliphatic rings. The minimum Gasteiger partial charge on any atom is -0.497 e. The molecular formula is C19H17NO4. The monoisotopic (exact) mass is 323 g/mol. The summed E-state index contributed by atoms with van der Waals surface area (Å²) in [6.45, 7) is 2.03. The second kappa shape index (κ2) is 7.00. The van der Waals surface area contributed by atoms with E-state index in [1.54, 1.807) is 20.1 Å². The fourth-order valence-corrected chi connectivity index (χ4v) is 2.32. The highest BCUT2D eigenvalue weighted by Crippen LogP contribution is 2.31. The normalized spacial score (nSPS) is 10.4. The highest BCUT2D eigenvalue weighted by atomic mass is 16.5. The van der Waals surface area contributed by atoms with Crippen LogP contribution in [0.25, 0.3) is 22.8 Å². The lowest BCUT2D eigenvalue weighted by atomic mass is 10.1. The molecule has 0 unspecified atom stereocenters. The summed E-state index contributed by atoms with van der Waals surface area (Å²) in [4.78, 5) is 16.6. The number of aromatic nitrogens is 1. The van der Waals surface area contributed by atoms with Crippen LogP contribution in [0.15, 0.2) is 59.0 Å². The Hall–Kier alpha value is -3.08. The van der Waals surface area contributed by atoms with Crippen LogP contribution < -0.4 is 4.74 Å². The Morgan fingerprint density at radius 2 is 1.83 bits per heavy atom. The van der Waals surface area contributed by atoms with Crippen molar-refractivity contribution in [2.24, 2.45) is 0 Å². The van der Waals surface area contributed by atoms with Gasteiger partial charge in [-0.3, -0.25) is 0 Å². The molecule has 3 rings (SSSR count). The largest absolute Gasteiger partial charge is 0.497 e. The molecule has 5 nitrogen and oxygen atoms in total. The summed E-state index contributed by atoms with van der Waals surface area (Å²) in [5.74, 6) is 0.918. The van der Waals surface area contributed by atoms with Crippen molar-refractivity contribution in [3.05, 3.63) is 60.3 Å². The number of carbonyl (C=O) groups is 1. The number of ether oxygens (including phenoxy) is 2. The summed E-state index contributed by atoms with van der Waals surface area (Å²) in [6, 6.07) is 16.7. The summed E-state index contributed by atoms with van der Waals surface area (Å²) >= 11 is 0. The van der Waals surface area contributed by atoms with Gasteiger partial charge in [0.2, 0.25) is 5.89 Å². The van der Waals surface area contributed by atoms with Gasteiger partial charge in [0.05, 0.1) is 13.7 Å². The maximum atomic E-state index is 12.2. The van der Waals surface area contributed by atoms with Crippen molar-refractivity contribution >= 4 is 5.97 Å². The first-order chi connectivity index (χ1) is 11.7. The van der Waals surface area contributed by atoms with Crippen molar-refractivity contribution in [1.82, 2.24) is 4.98 Å². The first-order valence-corrected chi connectivity index (χ1v) is 7.60. The van der Waals surface area contributed by atoms with Gasteiger partial charge in [-0.05, 0) is 25.1 Å². The quantitative estimate of drug-likeness (QED) is 0.659. The molecule has 5 heteroatoms. The molecule has 0 aliphatic heterocycles. The molecule has 0 N–H and O–H groups in total. The zero-order valence-corrected chi connectivity index (χ0v) is 13.5. The minimum atomic E-state index is -0.505. The van der Waals surface area contributed by atoms with E-state index in [0.717, 1.165) is 11.1 Å². The van der Waals surface area contributed by atoms with E-state index in [1.165, 1.54) is 0 Å². The molecule has 122 valence electrons. The van der Waals surface area contributed by atoms with Gasteiger partial charge in [-0.15, -0.1) is 0 Å². The van der Waals surface area contributed by atoms with Crippen LogP contribution in [0.5, 0.6) is 5.75 Å². The van der Waals surface area contributed by atoms with Crippen LogP contribution in [0, 0.1) is 0 Å². The molecule has 0 amide bonds. The molecule has 0 atom stereocenters. The third-order valence-electron chi connectivity index (χ3n) is 3.45. The molecular weight excluding hydrogens is 306 g/mol. The number of esters is 1. The van der Waals surface area contributed by atoms with Crippen molar-refractivity contribution in [2.75, 3.05) is 13.7 Å². The molecule has 1 heterocycles. The second-order valence-corrected chi connectivity index (χ2v) is 5.02. The van der Waals surface area contributed by atoms with E-state index in [1.807, 2.05) is 48.5 Å². The van der Waals surface area contributed by atoms with Gasteiger partial charge in [0, 0.05) is 11.1 Å². The minimum absolute atomic E-state index is 0.167. The Morgan fingerprint density at radius 3 is 2.54 bits per heavy atom. The molecule has 1 aromatic heterocycles. The molecule has 0 saturated heterocycles. The first-order valence-electron chi connectivity index (χ1n) is 7.60. The molecule has 0 saturated carbocycles. The van der Waals surface area contributed by atoms with Crippen LogP contribution in [0.1, 0.15) is 17.4 Å². The van der Waals surface area contributed by atoms with E-state index in [0.29, 0.717) is 17.4 Å². The molecule has 0 bridgehead atoms. The Morgan fingerprint density at radius 1 is 1.08 bits per heavy atom. The van der Waals surface area contributed by atoms with Crippen molar-refractivity contribution in [1.29, 1.82) is 0 Å². The third kappa shape index (κ3) is 3.15. The topological polar surface area (TPSA) is 61.6 Å². The van der Waals surface area contributed by atoms with Crippen LogP contribution in [0.4, 0.5) is 0 Å². The standard InChI is InChI=1S/C19H17NO4/c1-3-23-19(21)16-17(13-8-5-4-6-9-13)24-18(20-16)14-10-7-11-15(12-14)22-2/h4-12H,3H2,1-2H3. The number of rotatable bonds is 5. The van der Waals surface area contributed by atoms with E-state index in [9.17, 15) is 4.79 Å². The summed E-state index contributed by atoms with van der Waals surface area (Å²) in [7, 11) is 1.59. The highest BCUT2D eigenvalue weighted by molar-refractivity contribution is 5.94. The van der Waals surface area contributed by atoms with Gasteiger partial charge in [-0.25, -0.2) is 9.78 Å². The average molecular weight is 323 g/mol. The second-order valence-electron chi connectivity index (χ2n) is 5.02. The smallest absolute Gasteiger partial charge is 0.361 e. The van der Waals surface area contributed by atoms with Crippen LogP contribution in [-0.4, -0.2) is 24.7 Å². The highest BCUT2D eigenvalue weighted by Gasteiger charge is 2.23. The predicted molar refractivity (Wildman–Crippen MR) is 89.9 cm³/mol. The number of carbonyl (C=O) groups excluding carboxylic acids is 1. The Labute approximate surface area is 139 Å². The summed E-state index contributed by atoms with van der Waals surface area (Å²) in [6.07, 6.45) is 0. The molecule has 3 aromatic rings. The lowest BCUT2D eigenvalue weighted by Gasteiger charge is -2.01. The summed E-state index contributed by atoms with van der Waals surface area (Å²) < 4.78 is 16.2. The zero-order valence-electron chi connectivity index (χ0n) is 13.5. The van der Waals surface area contributed by atoms with Crippen molar-refractivity contribution in [3.63, 3.8) is 0 Å². The Bertz CT molecular complexity index is 840. The van der Waals surface area contributed by atoms with Crippen molar-refractivity contribution in [3.8, 4) is 28.5 Å². The van der Waals surface area contributed by atoms with Crippen molar-refractivity contribution in [2.45, 2.75) is 6.92 Å². The van der Waals surface area contributed by atoms with E-state index in [4.69, 9.17) is 13.9 Å². The van der Waals surface area contributed by atoms with Gasteiger partial charge in [-0.2, -0.15) is 0 Å². The Kier molecular flexibility index (Phi) is 4.61. The van der Waals surface area contributed by atoms with E-state index in [-0.39, 0.29) is 12.3 Å². The van der Waals surface area contributed by atoms with Crippen LogP contribution in [0.3, 0.4) is 0 Å². The molecule has 0 fully saturated rings. The average Bonchev–Trinajstić information content (AvgIpc) is 3.08. The summed E-state index contributed by atoms with van der Waals surface area (Å²) in [5.41, 5.74) is 1.66. The molecule has 24 heavy (non-hydrogen) atoms. The van der Waals surface area contributed by atoms with Gasteiger partial charge in [0.15, 0.2) is 11.5 Å². The van der Waals surface area contributed by atoms with E-state index in [2.05, 4.69) is 4.98 Å². The van der Waals surface area contributed by atoms with E-state index < -0.39 is 5.97 Å². The fourth-order valence-electron chi connectivity index (χ4n) is 2.32. The number of hydrogen-bond acceptors (Lipinski definition) is 5. The zero-order chi connectivity index (χ0) is 16.9. The summed E-state index contributed by atoms with van der Waals surface area (Å²) in [5, 5.41) is 0. The Balaban J connectivity index is 2.10. The number of nitrogens with zero attached hydrogens (tertiary/aromatic N) is 1. The fraction of sp³-hybridized carbons (Fsp3) is 0.158. The van der Waals surface area contributed by atoms with Crippen LogP contribution in [-0.2, 0) is 4.74 Å². The molecule has 2 aromatic carbocycles. The van der Waals surface area contributed by atoms with Crippen LogP contribution in [0.2, 0.25) is 0 Å². The number of hydrogen-bond donors (Lipinski definition) is 0. The third-order valence-corrected chi connectivity index (χ3v) is 3.45. The van der Waals surface area contributed by atoms with Gasteiger partial charge >= 0.3 is 5.97 Å². The van der Waals surface area contributed by atoms with E-state index >= 15 is 0 Å². The van der Waals surface area contributed by atoms with Crippen LogP contribution >= 0.6 is 0 Å². The first kappa shape index (κ1) is 15.8. The molecule has 0 aliphatic carbocycles. The predicted octanol–water partition coefficient (Wildman–Crippen LogP) is 4.19. The van der Waals surface area contributed by atoms with Gasteiger partial charge in [0.1, 0.15) is 5.75 Å². The maximum Gasteiger partial charge on any atom is 0.361 e. The van der Waals surface area contributed by atoms with Gasteiger partial charge in [0.25, 0.3) is 0 Å². The molecule has 0 radical (unpaired) electrons. The lowest BCUT2D eigenvalue weighted by Crippen LogP contribution is -2.06. The van der Waals surface area contributed by atoms with Crippen molar-refractivity contribution < 1.29 is 18.7 Å². The SMILES string of the molecule is CCOC(=O)c1nc(-c2cccc(OC)c2)oc1-c1ccccc1.